The van der Waals surface area contributed by atoms with E-state index >= 15 is 0 Å². The summed E-state index contributed by atoms with van der Waals surface area (Å²) in [6.45, 7) is 18.9. The van der Waals surface area contributed by atoms with E-state index in [1.807, 2.05) is 0 Å². The Morgan fingerprint density at radius 1 is 0.897 bits per heavy atom. The molecule has 4 heteroatoms. The van der Waals surface area contributed by atoms with Crippen LogP contribution in [0.4, 0.5) is 5.69 Å². The standard InChI is InChI=1S/C25H33N2.ClH.Cu/c1-17(2)22-9-8-10-23(18(3)4)25(22)27-12-11-26(16-27)15-24-20(6)13-19(5)14-21(24)7;;/h8-14,16-18H,15H2,1-7H3;1H;/q-1;;+2/p-1. The van der Waals surface area contributed by atoms with Gasteiger partial charge in [-0.2, -0.15) is 6.67 Å². The first kappa shape index (κ1) is 23.9. The summed E-state index contributed by atoms with van der Waals surface area (Å²) in [6, 6.07) is 11.3. The third kappa shape index (κ3) is 5.60. The van der Waals surface area contributed by atoms with Crippen molar-refractivity contribution >= 4 is 15.8 Å². The Morgan fingerprint density at radius 3 is 1.90 bits per heavy atom. The van der Waals surface area contributed by atoms with Crippen molar-refractivity contribution in [3.8, 4) is 0 Å². The van der Waals surface area contributed by atoms with E-state index in [2.05, 4.69) is 133 Å². The van der Waals surface area contributed by atoms with E-state index in [1.54, 1.807) is 0 Å². The second-order valence-electron chi connectivity index (χ2n) is 8.46. The molecular weight excluding hydrogens is 427 g/mol. The maximum atomic E-state index is 4.20. The van der Waals surface area contributed by atoms with Gasteiger partial charge in [-0.1, -0.05) is 63.6 Å². The van der Waals surface area contributed by atoms with Gasteiger partial charge < -0.3 is 9.80 Å². The Labute approximate surface area is 190 Å². The maximum absolute atomic E-state index is 4.20. The average Bonchev–Trinajstić information content (AvgIpc) is 3.14. The number of halogens is 1. The van der Waals surface area contributed by atoms with Gasteiger partial charge in [-0.3, -0.25) is 0 Å². The molecule has 2 nitrogen and oxygen atoms in total. The topological polar surface area (TPSA) is 6.48 Å². The van der Waals surface area contributed by atoms with Gasteiger partial charge >= 0.3 is 25.2 Å². The second kappa shape index (κ2) is 10.6. The van der Waals surface area contributed by atoms with Gasteiger partial charge in [0, 0.05) is 12.2 Å². The number of aryl methyl sites for hydroxylation is 3. The second-order valence-corrected chi connectivity index (χ2v) is 8.46. The quantitative estimate of drug-likeness (QED) is 0.338. The Balaban J connectivity index is 0.00000145. The van der Waals surface area contributed by atoms with E-state index in [9.17, 15) is 0 Å². The van der Waals surface area contributed by atoms with Crippen LogP contribution in [0.3, 0.4) is 0 Å². The Hall–Kier alpha value is -1.41. The molecule has 0 atom stereocenters. The molecule has 0 saturated heterocycles. The fourth-order valence-corrected chi connectivity index (χ4v) is 4.07. The van der Waals surface area contributed by atoms with Gasteiger partial charge in [-0.15, -0.1) is 0 Å². The van der Waals surface area contributed by atoms with Gasteiger partial charge in [-0.05, 0) is 72.8 Å². The number of anilines is 1. The van der Waals surface area contributed by atoms with Crippen molar-refractivity contribution in [2.24, 2.45) is 0 Å². The molecule has 1 aliphatic rings. The van der Waals surface area contributed by atoms with Crippen LogP contribution in [0.5, 0.6) is 0 Å². The number of nitrogens with zero attached hydrogens (tertiary/aromatic N) is 2. The first-order valence-electron chi connectivity index (χ1n) is 10.2. The fraction of sp³-hybridized carbons (Fsp3) is 0.400. The summed E-state index contributed by atoms with van der Waals surface area (Å²) < 4.78 is 0. The predicted octanol–water partition coefficient (Wildman–Crippen LogP) is 7.46. The van der Waals surface area contributed by atoms with Crippen LogP contribution >= 0.6 is 10.1 Å². The molecule has 0 amide bonds. The molecule has 0 aliphatic carbocycles. The summed E-state index contributed by atoms with van der Waals surface area (Å²) in [7, 11) is 4.20. The van der Waals surface area contributed by atoms with Crippen LogP contribution in [0.1, 0.15) is 72.9 Å². The third-order valence-electron chi connectivity index (χ3n) is 5.47. The Kier molecular flexibility index (Phi) is 8.70. The van der Waals surface area contributed by atoms with E-state index < -0.39 is 0 Å². The molecular formula is C25H33ClCuN2. The molecule has 2 aromatic carbocycles. The molecule has 0 radical (unpaired) electrons. The van der Waals surface area contributed by atoms with Gasteiger partial charge in [0.15, 0.2) is 0 Å². The van der Waals surface area contributed by atoms with Crippen LogP contribution in [0.15, 0.2) is 42.7 Å². The summed E-state index contributed by atoms with van der Waals surface area (Å²) in [6.07, 6.45) is 4.39. The van der Waals surface area contributed by atoms with E-state index in [1.165, 1.54) is 39.1 Å². The van der Waals surface area contributed by atoms with Crippen molar-refractivity contribution in [3.63, 3.8) is 0 Å². The summed E-state index contributed by atoms with van der Waals surface area (Å²) in [5.74, 6) is 0.993. The number of hydrogen-bond acceptors (Lipinski definition) is 2. The van der Waals surface area contributed by atoms with Crippen LogP contribution < -0.4 is 4.90 Å². The molecule has 0 unspecified atom stereocenters. The van der Waals surface area contributed by atoms with E-state index in [0.29, 0.717) is 11.8 Å². The normalized spacial score (nSPS) is 13.4. The van der Waals surface area contributed by atoms with Gasteiger partial charge in [0.1, 0.15) is 0 Å². The summed E-state index contributed by atoms with van der Waals surface area (Å²) in [4.78, 5) is 4.61. The molecule has 1 aliphatic heterocycles. The molecule has 3 rings (SSSR count). The summed E-state index contributed by atoms with van der Waals surface area (Å²) in [5, 5.41) is 0. The first-order valence-corrected chi connectivity index (χ1v) is 11.5. The Bertz CT molecular complexity index is 809. The SMILES string of the molecule is Cc1cc(C)c(CN2C=CN(c3c(C(C)C)cccc3C(C)C)[CH-]2)c(C)c1.[Cl][Cu+]. The van der Waals surface area contributed by atoms with Crippen LogP contribution in [0, 0.1) is 27.4 Å². The third-order valence-corrected chi connectivity index (χ3v) is 5.47. The van der Waals surface area contributed by atoms with Gasteiger partial charge in [0.05, 0.1) is 0 Å². The molecule has 0 aromatic heterocycles. The van der Waals surface area contributed by atoms with E-state index in [0.717, 1.165) is 6.54 Å². The zero-order valence-corrected chi connectivity index (χ0v) is 20.3. The fourth-order valence-electron chi connectivity index (χ4n) is 4.07. The van der Waals surface area contributed by atoms with Crippen molar-refractivity contribution in [1.29, 1.82) is 0 Å². The number of para-hydroxylation sites is 1. The van der Waals surface area contributed by atoms with E-state index in [-0.39, 0.29) is 0 Å². The monoisotopic (exact) mass is 459 g/mol. The van der Waals surface area contributed by atoms with Gasteiger partial charge in [-0.25, -0.2) is 0 Å². The van der Waals surface area contributed by atoms with Gasteiger partial charge in [0.2, 0.25) is 0 Å². The molecule has 0 bridgehead atoms. The molecule has 0 spiro atoms. The first-order chi connectivity index (χ1) is 13.8. The molecule has 0 fully saturated rings. The van der Waals surface area contributed by atoms with Crippen molar-refractivity contribution in [2.45, 2.75) is 66.8 Å². The van der Waals surface area contributed by atoms with Crippen molar-refractivity contribution in [3.05, 3.63) is 82.8 Å². The molecule has 161 valence electrons. The zero-order valence-electron chi connectivity index (χ0n) is 18.6. The van der Waals surface area contributed by atoms with Crippen molar-refractivity contribution in [2.75, 3.05) is 4.90 Å². The molecule has 29 heavy (non-hydrogen) atoms. The summed E-state index contributed by atoms with van der Waals surface area (Å²) >= 11 is 3.66. The number of hydrogen-bond donors (Lipinski definition) is 0. The van der Waals surface area contributed by atoms with Gasteiger partial charge in [0.25, 0.3) is 0 Å². The van der Waals surface area contributed by atoms with Crippen LogP contribution in [0.25, 0.3) is 0 Å². The van der Waals surface area contributed by atoms with Crippen LogP contribution in [-0.2, 0) is 21.6 Å². The summed E-state index contributed by atoms with van der Waals surface area (Å²) in [5.41, 5.74) is 9.67. The number of rotatable bonds is 5. The number of benzene rings is 2. The van der Waals surface area contributed by atoms with Crippen LogP contribution in [-0.4, -0.2) is 4.90 Å². The predicted molar refractivity (Wildman–Crippen MR) is 123 cm³/mol. The zero-order chi connectivity index (χ0) is 21.7. The Morgan fingerprint density at radius 2 is 1.41 bits per heavy atom. The van der Waals surface area contributed by atoms with Crippen molar-refractivity contribution < 1.29 is 15.1 Å². The minimum absolute atomic E-state index is 0.496. The molecule has 1 heterocycles. The average molecular weight is 461 g/mol. The van der Waals surface area contributed by atoms with E-state index in [4.69, 9.17) is 0 Å². The molecule has 2 aromatic rings. The van der Waals surface area contributed by atoms with Crippen molar-refractivity contribution in [1.82, 2.24) is 4.90 Å². The molecule has 0 saturated carbocycles. The minimum atomic E-state index is 0.496. The van der Waals surface area contributed by atoms with Crippen LogP contribution in [0.2, 0.25) is 0 Å². The molecule has 0 N–H and O–H groups in total.